The average Bonchev–Trinajstić information content (AvgIpc) is 3.81. The van der Waals surface area contributed by atoms with Crippen LogP contribution in [0.25, 0.3) is 21.8 Å². The van der Waals surface area contributed by atoms with E-state index in [1.54, 1.807) is 0 Å². The van der Waals surface area contributed by atoms with Crippen molar-refractivity contribution in [2.45, 2.75) is 50.4 Å². The van der Waals surface area contributed by atoms with Crippen LogP contribution in [0.5, 0.6) is 0 Å². The van der Waals surface area contributed by atoms with Crippen molar-refractivity contribution in [1.29, 1.82) is 0 Å². The molecule has 10 nitrogen and oxygen atoms in total. The third kappa shape index (κ3) is 5.55. The first kappa shape index (κ1) is 26.5. The summed E-state index contributed by atoms with van der Waals surface area (Å²) in [6, 6.07) is 15.8. The van der Waals surface area contributed by atoms with Crippen LogP contribution < -0.4 is 10.6 Å². The molecule has 42 heavy (non-hydrogen) atoms. The van der Waals surface area contributed by atoms with Crippen LogP contribution in [0.3, 0.4) is 0 Å². The molecular weight excluding hydrogens is 569 g/mol. The Balaban J connectivity index is 0.954. The molecule has 12 heteroatoms. The van der Waals surface area contributed by atoms with Crippen LogP contribution in [0.1, 0.15) is 58.7 Å². The Morgan fingerprint density at radius 3 is 1.71 bits per heavy atom. The zero-order valence-corrected chi connectivity index (χ0v) is 24.2. The molecule has 0 spiro atoms. The maximum Gasteiger partial charge on any atom is 0.230 e. The minimum atomic E-state index is -0.110. The summed E-state index contributed by atoms with van der Waals surface area (Å²) in [5.41, 5.74) is 3.97. The van der Waals surface area contributed by atoms with E-state index in [0.29, 0.717) is 10.3 Å². The lowest BCUT2D eigenvalue weighted by Gasteiger charge is -2.25. The molecule has 0 aliphatic heterocycles. The van der Waals surface area contributed by atoms with Crippen LogP contribution in [0.2, 0.25) is 0 Å². The van der Waals surface area contributed by atoms with Crippen molar-refractivity contribution >= 4 is 66.6 Å². The number of nitrogens with zero attached hydrogens (tertiary/aromatic N) is 4. The Hall–Kier alpha value is -4.42. The second-order valence-corrected chi connectivity index (χ2v) is 12.6. The van der Waals surface area contributed by atoms with Gasteiger partial charge in [0.15, 0.2) is 0 Å². The van der Waals surface area contributed by atoms with Gasteiger partial charge in [-0.1, -0.05) is 53.4 Å². The maximum atomic E-state index is 12.8. The fourth-order valence-corrected chi connectivity index (χ4v) is 7.63. The average molecular weight is 597 g/mol. The number of hydrogen-bond donors (Lipinski definition) is 4. The van der Waals surface area contributed by atoms with Crippen molar-refractivity contribution in [1.82, 2.24) is 30.4 Å². The molecule has 212 valence electrons. The summed E-state index contributed by atoms with van der Waals surface area (Å²) in [7, 11) is 0. The van der Waals surface area contributed by atoms with Gasteiger partial charge in [-0.25, -0.2) is 0 Å². The summed E-state index contributed by atoms with van der Waals surface area (Å²) in [5.74, 6) is 0.260. The second kappa shape index (κ2) is 11.5. The molecule has 1 saturated carbocycles. The standard InChI is InChI=1S/C30H28N8O2S2/c39-25(15-17-4-2-8-23-21(17)10-12-31-23)33-29-37-35-27(41-29)19-6-1-7-20(14-19)28-36-38-30(42-28)34-26(40)16-18-5-3-9-24-22(18)11-13-32-24/h2-5,8-13,19-20,31-32H,1,6-7,14-16H2,(H,33,37,39)(H,34,38,40)/t19-,20-/m0/s1. The number of fused-ring (bicyclic) bond motifs is 2. The van der Waals surface area contributed by atoms with Crippen molar-refractivity contribution in [3.05, 3.63) is 82.1 Å². The lowest BCUT2D eigenvalue weighted by atomic mass is 9.82. The molecule has 6 aromatic rings. The number of anilines is 2. The Morgan fingerprint density at radius 2 is 1.21 bits per heavy atom. The zero-order chi connectivity index (χ0) is 28.5. The van der Waals surface area contributed by atoms with E-state index in [1.807, 2.05) is 60.9 Å². The van der Waals surface area contributed by atoms with Crippen molar-refractivity contribution in [3.8, 4) is 0 Å². The molecule has 4 heterocycles. The molecule has 0 unspecified atom stereocenters. The third-order valence-electron chi connectivity index (χ3n) is 7.82. The first-order chi connectivity index (χ1) is 20.6. The minimum Gasteiger partial charge on any atom is -0.361 e. The number of carbonyl (C=O) groups is 2. The maximum absolute atomic E-state index is 12.8. The molecule has 0 saturated heterocycles. The number of aromatic nitrogens is 6. The van der Waals surface area contributed by atoms with Gasteiger partial charge in [0.1, 0.15) is 10.0 Å². The van der Waals surface area contributed by atoms with Gasteiger partial charge < -0.3 is 20.6 Å². The summed E-state index contributed by atoms with van der Waals surface area (Å²) < 4.78 is 0. The van der Waals surface area contributed by atoms with E-state index in [1.165, 1.54) is 22.7 Å². The first-order valence-electron chi connectivity index (χ1n) is 14.0. The Kier molecular flexibility index (Phi) is 7.22. The molecule has 4 aromatic heterocycles. The molecule has 2 amide bonds. The van der Waals surface area contributed by atoms with Gasteiger partial charge in [0.2, 0.25) is 22.1 Å². The summed E-state index contributed by atoms with van der Waals surface area (Å²) in [6.07, 6.45) is 8.26. The Morgan fingerprint density at radius 1 is 0.714 bits per heavy atom. The van der Waals surface area contributed by atoms with Crippen molar-refractivity contribution in [2.75, 3.05) is 10.6 Å². The normalized spacial score (nSPS) is 17.0. The molecular formula is C30H28N8O2S2. The van der Waals surface area contributed by atoms with E-state index in [-0.39, 0.29) is 36.5 Å². The molecule has 7 rings (SSSR count). The van der Waals surface area contributed by atoms with E-state index in [0.717, 1.165) is 68.6 Å². The van der Waals surface area contributed by atoms with E-state index < -0.39 is 0 Å². The number of hydrogen-bond acceptors (Lipinski definition) is 8. The van der Waals surface area contributed by atoms with Crippen molar-refractivity contribution < 1.29 is 9.59 Å². The summed E-state index contributed by atoms with van der Waals surface area (Å²) in [6.45, 7) is 0. The lowest BCUT2D eigenvalue weighted by molar-refractivity contribution is -0.116. The van der Waals surface area contributed by atoms with Crippen LogP contribution in [0.4, 0.5) is 10.3 Å². The molecule has 1 fully saturated rings. The highest BCUT2D eigenvalue weighted by Gasteiger charge is 2.29. The number of rotatable bonds is 8. The predicted octanol–water partition coefficient (Wildman–Crippen LogP) is 6.16. The lowest BCUT2D eigenvalue weighted by Crippen LogP contribution is -2.14. The van der Waals surface area contributed by atoms with Gasteiger partial charge in [0, 0.05) is 46.0 Å². The minimum absolute atomic E-state index is 0.110. The number of nitrogens with one attached hydrogen (secondary N) is 4. The topological polar surface area (TPSA) is 141 Å². The molecule has 0 bridgehead atoms. The van der Waals surface area contributed by atoms with Gasteiger partial charge in [-0.2, -0.15) is 0 Å². The van der Waals surface area contributed by atoms with Gasteiger partial charge in [-0.15, -0.1) is 20.4 Å². The monoisotopic (exact) mass is 596 g/mol. The molecule has 2 atom stereocenters. The highest BCUT2D eigenvalue weighted by atomic mass is 32.1. The van der Waals surface area contributed by atoms with Gasteiger partial charge in [-0.05, 0) is 54.7 Å². The highest BCUT2D eigenvalue weighted by Crippen LogP contribution is 2.43. The molecule has 4 N–H and O–H groups in total. The molecule has 0 radical (unpaired) electrons. The highest BCUT2D eigenvalue weighted by molar-refractivity contribution is 7.15. The zero-order valence-electron chi connectivity index (χ0n) is 22.6. The molecule has 2 aromatic carbocycles. The molecule has 1 aliphatic carbocycles. The second-order valence-electron chi connectivity index (χ2n) is 10.6. The van der Waals surface area contributed by atoms with Gasteiger partial charge in [0.25, 0.3) is 0 Å². The fraction of sp³-hybridized carbons (Fsp3) is 0.267. The number of carbonyl (C=O) groups excluding carboxylic acids is 2. The summed E-state index contributed by atoms with van der Waals surface area (Å²) in [4.78, 5) is 31.9. The van der Waals surface area contributed by atoms with Gasteiger partial charge in [0.05, 0.1) is 12.8 Å². The smallest absolute Gasteiger partial charge is 0.230 e. The SMILES string of the molecule is O=C(Cc1cccc2[nH]ccc12)Nc1nnc([C@H]2CCC[C@H](c3nnc(NC(=O)Cc4cccc5[nH]ccc45)s3)C2)s1. The summed E-state index contributed by atoms with van der Waals surface area (Å²) in [5, 5.41) is 28.3. The number of amides is 2. The third-order valence-corrected chi connectivity index (χ3v) is 9.82. The van der Waals surface area contributed by atoms with Crippen LogP contribution >= 0.6 is 22.7 Å². The molecule has 1 aliphatic rings. The first-order valence-corrected chi connectivity index (χ1v) is 15.6. The van der Waals surface area contributed by atoms with E-state index in [9.17, 15) is 9.59 Å². The van der Waals surface area contributed by atoms with Gasteiger partial charge in [-0.3, -0.25) is 9.59 Å². The van der Waals surface area contributed by atoms with E-state index in [2.05, 4.69) is 41.0 Å². The largest absolute Gasteiger partial charge is 0.361 e. The van der Waals surface area contributed by atoms with Crippen LogP contribution in [-0.4, -0.2) is 42.2 Å². The fourth-order valence-electron chi connectivity index (χ4n) is 5.82. The Bertz CT molecular complexity index is 1750. The van der Waals surface area contributed by atoms with Crippen molar-refractivity contribution in [2.24, 2.45) is 0 Å². The number of benzene rings is 2. The predicted molar refractivity (Wildman–Crippen MR) is 165 cm³/mol. The van der Waals surface area contributed by atoms with Crippen LogP contribution in [-0.2, 0) is 22.4 Å². The number of H-pyrrole nitrogens is 2. The number of aromatic amines is 2. The van der Waals surface area contributed by atoms with E-state index in [4.69, 9.17) is 0 Å². The Labute approximate surface area is 249 Å². The van der Waals surface area contributed by atoms with Gasteiger partial charge >= 0.3 is 0 Å². The quantitative estimate of drug-likeness (QED) is 0.166. The van der Waals surface area contributed by atoms with Crippen LogP contribution in [0, 0.1) is 0 Å². The summed E-state index contributed by atoms with van der Waals surface area (Å²) >= 11 is 2.89. The van der Waals surface area contributed by atoms with E-state index >= 15 is 0 Å². The van der Waals surface area contributed by atoms with Crippen LogP contribution in [0.15, 0.2) is 60.9 Å². The van der Waals surface area contributed by atoms with Crippen molar-refractivity contribution in [3.63, 3.8) is 0 Å².